The molecule has 1 aromatic carbocycles. The second-order valence-corrected chi connectivity index (χ2v) is 7.29. The molecular weight excluding hydrogens is 380 g/mol. The lowest BCUT2D eigenvalue weighted by molar-refractivity contribution is -0.158. The minimum Gasteiger partial charge on any atom is -0.480 e. The molecule has 0 aliphatic rings. The first kappa shape index (κ1) is 23.6. The number of amides is 2. The average Bonchev–Trinajstić information content (AvgIpc) is 2.58. The number of carbonyl (C=O) groups excluding carboxylic acids is 3. The number of nitrogens with one attached hydrogen (secondary N) is 3. The largest absolute Gasteiger partial charge is 0.480 e. The van der Waals surface area contributed by atoms with Gasteiger partial charge < -0.3 is 26.2 Å². The predicted molar refractivity (Wildman–Crippen MR) is 105 cm³/mol. The molecule has 10 heteroatoms. The van der Waals surface area contributed by atoms with Crippen molar-refractivity contribution in [3.05, 3.63) is 29.8 Å². The molecule has 0 aliphatic carbocycles. The SMILES string of the molecule is CC(C)(C)OC(=O)CC(NC(=O)CCC(=O)Nc1ccc(C(=N)N)cc1)C(=O)O. The Hall–Kier alpha value is -3.43. The third kappa shape index (κ3) is 9.36. The van der Waals surface area contributed by atoms with Crippen LogP contribution in [0.3, 0.4) is 0 Å². The molecule has 158 valence electrons. The lowest BCUT2D eigenvalue weighted by atomic mass is 10.1. The Morgan fingerprint density at radius 3 is 2.14 bits per heavy atom. The molecule has 0 fully saturated rings. The average molecular weight is 406 g/mol. The molecule has 29 heavy (non-hydrogen) atoms. The van der Waals surface area contributed by atoms with Crippen LogP contribution in [0.25, 0.3) is 0 Å². The van der Waals surface area contributed by atoms with Gasteiger partial charge in [0, 0.05) is 24.1 Å². The molecule has 0 saturated carbocycles. The summed E-state index contributed by atoms with van der Waals surface area (Å²) in [7, 11) is 0. The Kier molecular flexibility index (Phi) is 8.31. The van der Waals surface area contributed by atoms with Crippen LogP contribution >= 0.6 is 0 Å². The van der Waals surface area contributed by atoms with Crippen molar-refractivity contribution in [2.24, 2.45) is 5.73 Å². The van der Waals surface area contributed by atoms with Gasteiger partial charge in [-0.15, -0.1) is 0 Å². The number of ether oxygens (including phenoxy) is 1. The van der Waals surface area contributed by atoms with Gasteiger partial charge in [-0.25, -0.2) is 4.79 Å². The van der Waals surface area contributed by atoms with Gasteiger partial charge in [-0.1, -0.05) is 0 Å². The molecule has 0 radical (unpaired) electrons. The summed E-state index contributed by atoms with van der Waals surface area (Å²) in [6.07, 6.45) is -0.957. The smallest absolute Gasteiger partial charge is 0.326 e. The van der Waals surface area contributed by atoms with Crippen molar-refractivity contribution < 1.29 is 29.0 Å². The number of nitrogen functional groups attached to an aromatic ring is 1. The van der Waals surface area contributed by atoms with Crippen LogP contribution in [-0.4, -0.2) is 46.3 Å². The summed E-state index contributed by atoms with van der Waals surface area (Å²) in [6, 6.07) is 4.82. The maximum atomic E-state index is 12.0. The van der Waals surface area contributed by atoms with E-state index in [0.717, 1.165) is 0 Å². The zero-order chi connectivity index (χ0) is 22.2. The number of rotatable bonds is 9. The van der Waals surface area contributed by atoms with Gasteiger partial charge in [-0.2, -0.15) is 0 Å². The minimum absolute atomic E-state index is 0.0982. The molecule has 6 N–H and O–H groups in total. The van der Waals surface area contributed by atoms with Gasteiger partial charge in [0.2, 0.25) is 11.8 Å². The van der Waals surface area contributed by atoms with E-state index in [2.05, 4.69) is 10.6 Å². The molecule has 10 nitrogen and oxygen atoms in total. The van der Waals surface area contributed by atoms with E-state index in [1.165, 1.54) is 0 Å². The molecule has 1 atom stereocenters. The van der Waals surface area contributed by atoms with Gasteiger partial charge in [-0.05, 0) is 45.0 Å². The first-order valence-corrected chi connectivity index (χ1v) is 8.85. The number of benzene rings is 1. The minimum atomic E-state index is -1.44. The molecule has 1 rings (SSSR count). The van der Waals surface area contributed by atoms with Crippen LogP contribution in [0.5, 0.6) is 0 Å². The van der Waals surface area contributed by atoms with E-state index in [1.54, 1.807) is 45.0 Å². The number of carboxylic acid groups (broad SMARTS) is 1. The van der Waals surface area contributed by atoms with Gasteiger partial charge in [-0.3, -0.25) is 19.8 Å². The highest BCUT2D eigenvalue weighted by molar-refractivity contribution is 5.97. The van der Waals surface area contributed by atoms with Crippen molar-refractivity contribution in [1.29, 1.82) is 5.41 Å². The molecule has 0 aliphatic heterocycles. The van der Waals surface area contributed by atoms with E-state index in [0.29, 0.717) is 11.3 Å². The van der Waals surface area contributed by atoms with Crippen LogP contribution in [0.1, 0.15) is 45.6 Å². The molecular formula is C19H26N4O6. The quantitative estimate of drug-likeness (QED) is 0.231. The lowest BCUT2D eigenvalue weighted by Crippen LogP contribution is -2.43. The molecule has 1 aromatic rings. The monoisotopic (exact) mass is 406 g/mol. The standard InChI is InChI=1S/C19H26N4O6/c1-19(2,3)29-16(26)10-13(18(27)28)23-15(25)9-8-14(24)22-12-6-4-11(5-7-12)17(20)21/h4-7,13H,8-10H2,1-3H3,(H3,20,21)(H,22,24)(H,23,25)(H,27,28). The molecule has 0 aromatic heterocycles. The maximum Gasteiger partial charge on any atom is 0.326 e. The zero-order valence-corrected chi connectivity index (χ0v) is 16.6. The van der Waals surface area contributed by atoms with E-state index in [4.69, 9.17) is 15.9 Å². The van der Waals surface area contributed by atoms with E-state index in [9.17, 15) is 24.3 Å². The molecule has 0 saturated heterocycles. The van der Waals surface area contributed by atoms with Crippen molar-refractivity contribution in [2.45, 2.75) is 51.7 Å². The molecule has 1 unspecified atom stereocenters. The normalized spacial score (nSPS) is 11.8. The Bertz CT molecular complexity index is 783. The van der Waals surface area contributed by atoms with Crippen LogP contribution < -0.4 is 16.4 Å². The van der Waals surface area contributed by atoms with E-state index >= 15 is 0 Å². The number of hydrogen-bond donors (Lipinski definition) is 5. The van der Waals surface area contributed by atoms with Crippen molar-refractivity contribution in [1.82, 2.24) is 5.32 Å². The van der Waals surface area contributed by atoms with Crippen LogP contribution in [0.15, 0.2) is 24.3 Å². The summed E-state index contributed by atoms with van der Waals surface area (Å²) in [5.74, 6) is -3.35. The number of esters is 1. The summed E-state index contributed by atoms with van der Waals surface area (Å²) < 4.78 is 5.05. The van der Waals surface area contributed by atoms with Gasteiger partial charge >= 0.3 is 11.9 Å². The van der Waals surface area contributed by atoms with Crippen LogP contribution in [0.4, 0.5) is 5.69 Å². The Balaban J connectivity index is 2.50. The highest BCUT2D eigenvalue weighted by Crippen LogP contribution is 2.11. The third-order valence-corrected chi connectivity index (χ3v) is 3.48. The number of aliphatic carboxylic acids is 1. The van der Waals surface area contributed by atoms with E-state index in [1.807, 2.05) is 0 Å². The number of hydrogen-bond acceptors (Lipinski definition) is 6. The number of nitrogens with two attached hydrogens (primary N) is 1. The number of carbonyl (C=O) groups is 4. The molecule has 0 heterocycles. The second kappa shape index (κ2) is 10.2. The molecule has 0 bridgehead atoms. The molecule has 2 amide bonds. The van der Waals surface area contributed by atoms with Gasteiger partial charge in [0.25, 0.3) is 0 Å². The van der Waals surface area contributed by atoms with Gasteiger partial charge in [0.05, 0.1) is 6.42 Å². The maximum absolute atomic E-state index is 12.0. The highest BCUT2D eigenvalue weighted by atomic mass is 16.6. The Labute approximate surface area is 168 Å². The van der Waals surface area contributed by atoms with Crippen LogP contribution in [-0.2, 0) is 23.9 Å². The fourth-order valence-corrected chi connectivity index (χ4v) is 2.20. The number of carboxylic acids is 1. The topological polar surface area (TPSA) is 172 Å². The summed E-state index contributed by atoms with van der Waals surface area (Å²) in [5.41, 5.74) is 5.55. The molecule has 0 spiro atoms. The fourth-order valence-electron chi connectivity index (χ4n) is 2.20. The fraction of sp³-hybridized carbons (Fsp3) is 0.421. The Morgan fingerprint density at radius 2 is 1.66 bits per heavy atom. The van der Waals surface area contributed by atoms with Crippen molar-refractivity contribution in [3.63, 3.8) is 0 Å². The van der Waals surface area contributed by atoms with Gasteiger partial charge in [0.15, 0.2) is 0 Å². The number of amidine groups is 1. The van der Waals surface area contributed by atoms with Crippen LogP contribution in [0.2, 0.25) is 0 Å². The van der Waals surface area contributed by atoms with Crippen molar-refractivity contribution in [3.8, 4) is 0 Å². The summed E-state index contributed by atoms with van der Waals surface area (Å²) in [6.45, 7) is 4.93. The number of anilines is 1. The van der Waals surface area contributed by atoms with E-state index < -0.39 is 41.8 Å². The summed E-state index contributed by atoms with van der Waals surface area (Å²) in [5, 5.41) is 21.3. The first-order valence-electron chi connectivity index (χ1n) is 8.85. The highest BCUT2D eigenvalue weighted by Gasteiger charge is 2.26. The lowest BCUT2D eigenvalue weighted by Gasteiger charge is -2.21. The van der Waals surface area contributed by atoms with E-state index in [-0.39, 0.29) is 18.7 Å². The van der Waals surface area contributed by atoms with Crippen molar-refractivity contribution in [2.75, 3.05) is 5.32 Å². The van der Waals surface area contributed by atoms with Gasteiger partial charge in [0.1, 0.15) is 17.5 Å². The second-order valence-electron chi connectivity index (χ2n) is 7.29. The first-order chi connectivity index (χ1) is 13.4. The van der Waals surface area contributed by atoms with Crippen molar-refractivity contribution >= 4 is 35.3 Å². The van der Waals surface area contributed by atoms with Crippen LogP contribution in [0, 0.1) is 5.41 Å². The zero-order valence-electron chi connectivity index (χ0n) is 16.6. The third-order valence-electron chi connectivity index (χ3n) is 3.48. The summed E-state index contributed by atoms with van der Waals surface area (Å²) in [4.78, 5) is 46.9. The Morgan fingerprint density at radius 1 is 1.10 bits per heavy atom. The summed E-state index contributed by atoms with van der Waals surface area (Å²) >= 11 is 0. The predicted octanol–water partition coefficient (Wildman–Crippen LogP) is 0.991.